The van der Waals surface area contributed by atoms with Crippen LogP contribution in [0.2, 0.25) is 0 Å². The van der Waals surface area contributed by atoms with E-state index in [1.165, 1.54) is 13.4 Å². The molecule has 0 bridgehead atoms. The first kappa shape index (κ1) is 22.4. The predicted molar refractivity (Wildman–Crippen MR) is 133 cm³/mol. The van der Waals surface area contributed by atoms with Crippen LogP contribution in [0, 0.1) is 0 Å². The van der Waals surface area contributed by atoms with Crippen LogP contribution in [0.15, 0.2) is 110 Å². The molecular formula is C28H25N5O2. The summed E-state index contributed by atoms with van der Waals surface area (Å²) in [6, 6.07) is 29.7. The summed E-state index contributed by atoms with van der Waals surface area (Å²) in [6.45, 7) is 0.272. The molecule has 0 saturated carbocycles. The van der Waals surface area contributed by atoms with E-state index in [-0.39, 0.29) is 12.5 Å². The monoisotopic (exact) mass is 463 g/mol. The molecule has 5 aromatic rings. The summed E-state index contributed by atoms with van der Waals surface area (Å²) in [5, 5.41) is 3.70. The second kappa shape index (κ2) is 9.87. The van der Waals surface area contributed by atoms with Crippen molar-refractivity contribution >= 4 is 17.1 Å². The van der Waals surface area contributed by atoms with Crippen LogP contribution in [0.1, 0.15) is 16.7 Å². The van der Waals surface area contributed by atoms with Gasteiger partial charge in [0.25, 0.3) is 0 Å². The maximum absolute atomic E-state index is 13.2. The fourth-order valence-electron chi connectivity index (χ4n) is 4.54. The lowest BCUT2D eigenvalue weighted by Crippen LogP contribution is -2.54. The fourth-order valence-corrected chi connectivity index (χ4v) is 4.54. The Morgan fingerprint density at radius 3 is 1.94 bits per heavy atom. The number of fused-ring (bicyclic) bond motifs is 1. The number of hydrogen-bond acceptors (Lipinski definition) is 6. The minimum atomic E-state index is -0.825. The predicted octanol–water partition coefficient (Wildman–Crippen LogP) is 3.95. The number of rotatable bonds is 8. The van der Waals surface area contributed by atoms with Crippen LogP contribution in [0.5, 0.6) is 0 Å². The van der Waals surface area contributed by atoms with Crippen molar-refractivity contribution < 1.29 is 9.53 Å². The van der Waals surface area contributed by atoms with Gasteiger partial charge in [-0.05, 0) is 16.7 Å². The van der Waals surface area contributed by atoms with Gasteiger partial charge >= 0.3 is 5.97 Å². The van der Waals surface area contributed by atoms with Crippen LogP contribution in [-0.2, 0) is 21.6 Å². The summed E-state index contributed by atoms with van der Waals surface area (Å²) < 4.78 is 7.10. The minimum absolute atomic E-state index is 0.272. The van der Waals surface area contributed by atoms with Crippen molar-refractivity contribution in [3.05, 3.63) is 127 Å². The molecule has 1 N–H and O–H groups in total. The van der Waals surface area contributed by atoms with Crippen molar-refractivity contribution in [2.45, 2.75) is 18.1 Å². The highest BCUT2D eigenvalue weighted by Crippen LogP contribution is 2.37. The van der Waals surface area contributed by atoms with E-state index in [4.69, 9.17) is 4.74 Å². The topological polar surface area (TPSA) is 81.9 Å². The molecule has 0 unspecified atom stereocenters. The first-order valence-corrected chi connectivity index (χ1v) is 11.4. The summed E-state index contributed by atoms with van der Waals surface area (Å²) in [5.41, 5.74) is 3.50. The first-order valence-electron chi connectivity index (χ1n) is 11.4. The summed E-state index contributed by atoms with van der Waals surface area (Å²) in [4.78, 5) is 26.0. The van der Waals surface area contributed by atoms with Crippen molar-refractivity contribution in [2.75, 3.05) is 7.11 Å². The average Bonchev–Trinajstić information content (AvgIpc) is 3.35. The molecule has 174 valence electrons. The van der Waals surface area contributed by atoms with E-state index in [9.17, 15) is 4.79 Å². The van der Waals surface area contributed by atoms with Gasteiger partial charge < -0.3 is 9.30 Å². The highest BCUT2D eigenvalue weighted by atomic mass is 16.5. The number of imidazole rings is 1. The Kier molecular flexibility index (Phi) is 6.32. The van der Waals surface area contributed by atoms with Crippen molar-refractivity contribution in [1.82, 2.24) is 24.8 Å². The molecule has 0 aliphatic rings. The second-order valence-corrected chi connectivity index (χ2v) is 8.20. The smallest absolute Gasteiger partial charge is 0.324 e. The Bertz CT molecular complexity index is 1310. The molecule has 0 aliphatic carbocycles. The van der Waals surface area contributed by atoms with Crippen molar-refractivity contribution in [3.63, 3.8) is 0 Å². The number of nitrogens with zero attached hydrogens (tertiary/aromatic N) is 4. The van der Waals surface area contributed by atoms with Crippen molar-refractivity contribution in [2.24, 2.45) is 0 Å². The van der Waals surface area contributed by atoms with Crippen LogP contribution in [0.25, 0.3) is 11.2 Å². The molecule has 7 heteroatoms. The molecular weight excluding hydrogens is 438 g/mol. The molecule has 5 rings (SSSR count). The van der Waals surface area contributed by atoms with Gasteiger partial charge in [0.1, 0.15) is 17.9 Å². The SMILES string of the molecule is COC(=O)[C@H](Cn1cnc2cncnc21)NC(c1ccccc1)(c1ccccc1)c1ccccc1. The van der Waals surface area contributed by atoms with E-state index in [0.29, 0.717) is 11.2 Å². The highest BCUT2D eigenvalue weighted by molar-refractivity contribution is 5.77. The van der Waals surface area contributed by atoms with Crippen LogP contribution < -0.4 is 5.32 Å². The molecule has 2 aromatic heterocycles. The van der Waals surface area contributed by atoms with Crippen LogP contribution in [-0.4, -0.2) is 38.6 Å². The molecule has 0 spiro atoms. The molecule has 0 amide bonds. The molecule has 0 radical (unpaired) electrons. The number of esters is 1. The number of carbonyl (C=O) groups is 1. The lowest BCUT2D eigenvalue weighted by atomic mass is 9.76. The van der Waals surface area contributed by atoms with Gasteiger partial charge in [0.15, 0.2) is 5.65 Å². The number of carbonyl (C=O) groups excluding carboxylic acids is 1. The summed E-state index contributed by atoms with van der Waals surface area (Å²) in [5.74, 6) is -0.381. The van der Waals surface area contributed by atoms with Crippen LogP contribution in [0.4, 0.5) is 0 Å². The van der Waals surface area contributed by atoms with E-state index < -0.39 is 11.6 Å². The number of hydrogen-bond donors (Lipinski definition) is 1. The van der Waals surface area contributed by atoms with Gasteiger partial charge in [-0.25, -0.2) is 15.0 Å². The van der Waals surface area contributed by atoms with Crippen molar-refractivity contribution in [3.8, 4) is 0 Å². The number of nitrogens with one attached hydrogen (secondary N) is 1. The summed E-state index contributed by atoms with van der Waals surface area (Å²) >= 11 is 0. The Morgan fingerprint density at radius 1 is 0.886 bits per heavy atom. The van der Waals surface area contributed by atoms with Gasteiger partial charge in [-0.15, -0.1) is 0 Å². The van der Waals surface area contributed by atoms with Crippen LogP contribution >= 0.6 is 0 Å². The third-order valence-corrected chi connectivity index (χ3v) is 6.16. The fraction of sp³-hybridized carbons (Fsp3) is 0.143. The van der Waals surface area contributed by atoms with Crippen LogP contribution in [0.3, 0.4) is 0 Å². The zero-order valence-electron chi connectivity index (χ0n) is 19.3. The molecule has 0 fully saturated rings. The van der Waals surface area contributed by atoms with E-state index in [0.717, 1.165) is 16.7 Å². The Balaban J connectivity index is 1.68. The number of methoxy groups -OCH3 is 1. The zero-order chi connectivity index (χ0) is 24.1. The van der Waals surface area contributed by atoms with Gasteiger partial charge in [0.2, 0.25) is 0 Å². The number of ether oxygens (including phenoxy) is 1. The number of aromatic nitrogens is 4. The Morgan fingerprint density at radius 2 is 1.43 bits per heavy atom. The normalized spacial score (nSPS) is 12.4. The molecule has 3 aromatic carbocycles. The quantitative estimate of drug-likeness (QED) is 0.277. The lowest BCUT2D eigenvalue weighted by Gasteiger charge is -2.39. The molecule has 1 atom stereocenters. The lowest BCUT2D eigenvalue weighted by molar-refractivity contribution is -0.143. The van der Waals surface area contributed by atoms with E-state index in [1.807, 2.05) is 59.2 Å². The van der Waals surface area contributed by atoms with Gasteiger partial charge in [-0.2, -0.15) is 0 Å². The molecule has 0 saturated heterocycles. The zero-order valence-corrected chi connectivity index (χ0v) is 19.3. The third-order valence-electron chi connectivity index (χ3n) is 6.16. The van der Waals surface area contributed by atoms with Gasteiger partial charge in [-0.3, -0.25) is 10.1 Å². The van der Waals surface area contributed by atoms with Crippen molar-refractivity contribution in [1.29, 1.82) is 0 Å². The largest absolute Gasteiger partial charge is 0.468 e. The average molecular weight is 464 g/mol. The molecule has 2 heterocycles. The van der Waals surface area contributed by atoms with Gasteiger partial charge in [-0.1, -0.05) is 91.0 Å². The Hall–Kier alpha value is -4.36. The number of benzene rings is 3. The molecule has 7 nitrogen and oxygen atoms in total. The van der Waals surface area contributed by atoms with E-state index in [2.05, 4.69) is 56.7 Å². The molecule has 0 aliphatic heterocycles. The van der Waals surface area contributed by atoms with Gasteiger partial charge in [0, 0.05) is 0 Å². The summed E-state index contributed by atoms with van der Waals surface area (Å²) in [7, 11) is 1.40. The van der Waals surface area contributed by atoms with E-state index >= 15 is 0 Å². The highest BCUT2D eigenvalue weighted by Gasteiger charge is 2.40. The first-order chi connectivity index (χ1) is 17.2. The molecule has 35 heavy (non-hydrogen) atoms. The maximum Gasteiger partial charge on any atom is 0.324 e. The third kappa shape index (κ3) is 4.29. The van der Waals surface area contributed by atoms with Gasteiger partial charge in [0.05, 0.1) is 31.7 Å². The maximum atomic E-state index is 13.2. The Labute approximate surface area is 203 Å². The minimum Gasteiger partial charge on any atom is -0.468 e. The standard InChI is InChI=1S/C28H25N5O2/c1-35-27(34)25(18-33-20-31-24-17-29-19-30-26(24)33)32-28(21-11-5-2-6-12-21,22-13-7-3-8-14-22)23-15-9-4-10-16-23/h2-17,19-20,25,32H,18H2,1H3/t25-/m0/s1. The second-order valence-electron chi connectivity index (χ2n) is 8.20. The van der Waals surface area contributed by atoms with E-state index in [1.54, 1.807) is 12.5 Å². The summed E-state index contributed by atoms with van der Waals surface area (Å²) in [6.07, 6.45) is 4.80.